The second kappa shape index (κ2) is 9.77. The van der Waals surface area contributed by atoms with Crippen LogP contribution in [0.25, 0.3) is 0 Å². The summed E-state index contributed by atoms with van der Waals surface area (Å²) in [4.78, 5) is 2.52. The van der Waals surface area contributed by atoms with Crippen molar-refractivity contribution in [2.75, 3.05) is 24.1 Å². The van der Waals surface area contributed by atoms with Crippen molar-refractivity contribution < 1.29 is 0 Å². The molecule has 1 heterocycles. The van der Waals surface area contributed by atoms with E-state index in [1.54, 1.807) is 0 Å². The van der Waals surface area contributed by atoms with Crippen LogP contribution in [-0.4, -0.2) is 24.0 Å². The van der Waals surface area contributed by atoms with E-state index in [0.717, 1.165) is 25.3 Å². The Morgan fingerprint density at radius 2 is 1.75 bits per heavy atom. The Kier molecular flexibility index (Phi) is 8.40. The molecule has 5 heteroatoms. The highest BCUT2D eigenvalue weighted by atomic mass is 35.5. The van der Waals surface area contributed by atoms with Gasteiger partial charge in [-0.15, -0.1) is 24.8 Å². The Labute approximate surface area is 157 Å². The fourth-order valence-electron chi connectivity index (χ4n) is 3.16. The van der Waals surface area contributed by atoms with Gasteiger partial charge in [0.15, 0.2) is 0 Å². The van der Waals surface area contributed by atoms with Crippen LogP contribution in [0.5, 0.6) is 0 Å². The van der Waals surface area contributed by atoms with E-state index < -0.39 is 0 Å². The standard InChI is InChI=1S/C19H25N3.2ClH/c1-15-4-2-7-19(12-15)21-18-8-10-22(11-9-18)14-16-5-3-6-17(20)13-16;;/h2-7,12-13,18,21H,8-11,14,20H2,1H3;2*1H. The lowest BCUT2D eigenvalue weighted by molar-refractivity contribution is 0.211. The van der Waals surface area contributed by atoms with Crippen molar-refractivity contribution in [1.29, 1.82) is 0 Å². The van der Waals surface area contributed by atoms with Gasteiger partial charge in [0.05, 0.1) is 0 Å². The van der Waals surface area contributed by atoms with E-state index >= 15 is 0 Å². The second-order valence-corrected chi connectivity index (χ2v) is 6.31. The summed E-state index contributed by atoms with van der Waals surface area (Å²) in [5.74, 6) is 0. The number of halogens is 2. The SMILES string of the molecule is Cc1cccc(NC2CCN(Cc3cccc(N)c3)CC2)c1.Cl.Cl. The number of piperidine rings is 1. The van der Waals surface area contributed by atoms with Crippen LogP contribution in [0.3, 0.4) is 0 Å². The van der Waals surface area contributed by atoms with Gasteiger partial charge in [-0.1, -0.05) is 24.3 Å². The van der Waals surface area contributed by atoms with E-state index in [0.29, 0.717) is 6.04 Å². The maximum atomic E-state index is 5.86. The van der Waals surface area contributed by atoms with E-state index in [-0.39, 0.29) is 24.8 Å². The topological polar surface area (TPSA) is 41.3 Å². The first-order chi connectivity index (χ1) is 10.7. The molecule has 0 bridgehead atoms. The summed E-state index contributed by atoms with van der Waals surface area (Å²) in [7, 11) is 0. The monoisotopic (exact) mass is 367 g/mol. The zero-order valence-electron chi connectivity index (χ0n) is 14.1. The fraction of sp³-hybridized carbons (Fsp3) is 0.368. The number of nitrogens with two attached hydrogens (primary N) is 1. The van der Waals surface area contributed by atoms with Crippen LogP contribution in [0.4, 0.5) is 11.4 Å². The number of hydrogen-bond donors (Lipinski definition) is 2. The molecule has 0 saturated carbocycles. The van der Waals surface area contributed by atoms with E-state index in [4.69, 9.17) is 5.73 Å². The lowest BCUT2D eigenvalue weighted by atomic mass is 10.0. The summed E-state index contributed by atoms with van der Waals surface area (Å²) >= 11 is 0. The summed E-state index contributed by atoms with van der Waals surface area (Å²) in [6.07, 6.45) is 2.38. The Morgan fingerprint density at radius 1 is 1.04 bits per heavy atom. The van der Waals surface area contributed by atoms with E-state index in [2.05, 4.69) is 53.5 Å². The Bertz CT molecular complexity index is 570. The maximum Gasteiger partial charge on any atom is 0.0344 e. The molecule has 0 spiro atoms. The first-order valence-corrected chi connectivity index (χ1v) is 8.09. The molecule has 3 nitrogen and oxygen atoms in total. The number of aryl methyl sites for hydroxylation is 1. The number of benzene rings is 2. The highest BCUT2D eigenvalue weighted by Gasteiger charge is 2.19. The number of nitrogen functional groups attached to an aromatic ring is 1. The molecule has 1 fully saturated rings. The minimum atomic E-state index is 0. The summed E-state index contributed by atoms with van der Waals surface area (Å²) in [5, 5.41) is 3.67. The molecular weight excluding hydrogens is 341 g/mol. The Balaban J connectivity index is 0.00000144. The van der Waals surface area contributed by atoms with Gasteiger partial charge in [0, 0.05) is 37.1 Å². The molecular formula is C19H27Cl2N3. The van der Waals surface area contributed by atoms with Crippen molar-refractivity contribution in [2.45, 2.75) is 32.4 Å². The largest absolute Gasteiger partial charge is 0.399 e. The van der Waals surface area contributed by atoms with Gasteiger partial charge >= 0.3 is 0 Å². The summed E-state index contributed by atoms with van der Waals surface area (Å²) in [6, 6.07) is 17.4. The van der Waals surface area contributed by atoms with Gasteiger partial charge in [0.1, 0.15) is 0 Å². The van der Waals surface area contributed by atoms with Crippen molar-refractivity contribution >= 4 is 36.2 Å². The van der Waals surface area contributed by atoms with Crippen molar-refractivity contribution in [3.8, 4) is 0 Å². The second-order valence-electron chi connectivity index (χ2n) is 6.31. The molecule has 0 unspecified atom stereocenters. The molecule has 0 radical (unpaired) electrons. The predicted octanol–water partition coefficient (Wildman–Crippen LogP) is 4.50. The highest BCUT2D eigenvalue weighted by molar-refractivity contribution is 5.85. The maximum absolute atomic E-state index is 5.86. The van der Waals surface area contributed by atoms with Crippen molar-refractivity contribution in [2.24, 2.45) is 0 Å². The molecule has 1 aliphatic rings. The average molecular weight is 368 g/mol. The smallest absolute Gasteiger partial charge is 0.0344 e. The van der Waals surface area contributed by atoms with Crippen LogP contribution in [0.1, 0.15) is 24.0 Å². The number of nitrogens with zero attached hydrogens (tertiary/aromatic N) is 1. The van der Waals surface area contributed by atoms with Crippen molar-refractivity contribution in [3.05, 3.63) is 59.7 Å². The van der Waals surface area contributed by atoms with Gasteiger partial charge in [0.2, 0.25) is 0 Å². The molecule has 0 aliphatic carbocycles. The lowest BCUT2D eigenvalue weighted by Gasteiger charge is -2.33. The van der Waals surface area contributed by atoms with E-state index in [1.165, 1.54) is 29.7 Å². The van der Waals surface area contributed by atoms with Crippen LogP contribution in [-0.2, 0) is 6.54 Å². The number of likely N-dealkylation sites (tertiary alicyclic amines) is 1. The van der Waals surface area contributed by atoms with Crippen LogP contribution < -0.4 is 11.1 Å². The Hall–Kier alpha value is -1.42. The lowest BCUT2D eigenvalue weighted by Crippen LogP contribution is -2.38. The molecule has 24 heavy (non-hydrogen) atoms. The quantitative estimate of drug-likeness (QED) is 0.781. The molecule has 0 atom stereocenters. The minimum absolute atomic E-state index is 0. The molecule has 0 amide bonds. The van der Waals surface area contributed by atoms with Crippen molar-refractivity contribution in [3.63, 3.8) is 0 Å². The van der Waals surface area contributed by atoms with Gasteiger partial charge in [0.25, 0.3) is 0 Å². The first kappa shape index (κ1) is 20.6. The summed E-state index contributed by atoms with van der Waals surface area (Å²) < 4.78 is 0. The number of anilines is 2. The van der Waals surface area contributed by atoms with E-state index in [9.17, 15) is 0 Å². The summed E-state index contributed by atoms with van der Waals surface area (Å²) in [6.45, 7) is 5.41. The van der Waals surface area contributed by atoms with E-state index in [1.807, 2.05) is 12.1 Å². The number of rotatable bonds is 4. The first-order valence-electron chi connectivity index (χ1n) is 8.09. The number of nitrogens with one attached hydrogen (secondary N) is 1. The third-order valence-corrected chi connectivity index (χ3v) is 4.33. The Morgan fingerprint density at radius 3 is 2.42 bits per heavy atom. The average Bonchev–Trinajstić information content (AvgIpc) is 2.49. The molecule has 1 saturated heterocycles. The molecule has 3 rings (SSSR count). The third-order valence-electron chi connectivity index (χ3n) is 4.33. The van der Waals surface area contributed by atoms with Gasteiger partial charge in [-0.3, -0.25) is 4.90 Å². The normalized spacial score (nSPS) is 15.2. The summed E-state index contributed by atoms with van der Waals surface area (Å²) in [5.41, 5.74) is 10.6. The molecule has 1 aliphatic heterocycles. The fourth-order valence-corrected chi connectivity index (χ4v) is 3.16. The number of hydrogen-bond acceptors (Lipinski definition) is 3. The third kappa shape index (κ3) is 5.90. The van der Waals surface area contributed by atoms with Crippen LogP contribution in [0.2, 0.25) is 0 Å². The predicted molar refractivity (Wildman–Crippen MR) is 108 cm³/mol. The van der Waals surface area contributed by atoms with Crippen LogP contribution >= 0.6 is 24.8 Å². The van der Waals surface area contributed by atoms with Crippen LogP contribution in [0.15, 0.2) is 48.5 Å². The van der Waals surface area contributed by atoms with Crippen molar-refractivity contribution in [1.82, 2.24) is 4.90 Å². The van der Waals surface area contributed by atoms with Crippen LogP contribution in [0, 0.1) is 6.92 Å². The molecule has 132 valence electrons. The van der Waals surface area contributed by atoms with Gasteiger partial charge in [-0.05, 0) is 55.2 Å². The molecule has 0 aromatic heterocycles. The van der Waals surface area contributed by atoms with Gasteiger partial charge in [-0.25, -0.2) is 0 Å². The zero-order valence-corrected chi connectivity index (χ0v) is 15.7. The highest BCUT2D eigenvalue weighted by Crippen LogP contribution is 2.19. The molecule has 2 aromatic carbocycles. The zero-order chi connectivity index (χ0) is 15.4. The molecule has 2 aromatic rings. The molecule has 3 N–H and O–H groups in total. The minimum Gasteiger partial charge on any atom is -0.399 e. The van der Waals surface area contributed by atoms with Gasteiger partial charge in [-0.2, -0.15) is 0 Å². The van der Waals surface area contributed by atoms with Gasteiger partial charge < -0.3 is 11.1 Å².